The standard InChI is InChI=1S/C10H9NO3/c1-13-9-4-8(2-3-12)5-10(6-9)14-7-11/h3-6H,2H2,1H3. The Morgan fingerprint density at radius 1 is 1.43 bits per heavy atom. The molecule has 0 atom stereocenters. The molecule has 0 aliphatic rings. The second-order valence-corrected chi connectivity index (χ2v) is 2.58. The first-order chi connectivity index (χ1) is 6.80. The van der Waals surface area contributed by atoms with Crippen molar-refractivity contribution in [3.05, 3.63) is 23.8 Å². The summed E-state index contributed by atoms with van der Waals surface area (Å²) in [7, 11) is 1.51. The highest BCUT2D eigenvalue weighted by atomic mass is 16.5. The van der Waals surface area contributed by atoms with Crippen LogP contribution in [0.2, 0.25) is 0 Å². The fourth-order valence-corrected chi connectivity index (χ4v) is 1.07. The van der Waals surface area contributed by atoms with Crippen LogP contribution in [0.15, 0.2) is 18.2 Å². The minimum absolute atomic E-state index is 0.277. The fourth-order valence-electron chi connectivity index (χ4n) is 1.07. The zero-order valence-corrected chi connectivity index (χ0v) is 7.69. The van der Waals surface area contributed by atoms with Crippen LogP contribution in [0.3, 0.4) is 0 Å². The van der Waals surface area contributed by atoms with E-state index in [-0.39, 0.29) is 6.42 Å². The average Bonchev–Trinajstić information content (AvgIpc) is 2.18. The predicted octanol–water partition coefficient (Wildman–Crippen LogP) is 1.30. The number of nitrogens with zero attached hydrogens (tertiary/aromatic N) is 1. The van der Waals surface area contributed by atoms with Crippen molar-refractivity contribution in [2.24, 2.45) is 0 Å². The number of ether oxygens (including phenoxy) is 2. The number of hydrogen-bond acceptors (Lipinski definition) is 4. The van der Waals surface area contributed by atoms with E-state index >= 15 is 0 Å². The zero-order chi connectivity index (χ0) is 10.4. The van der Waals surface area contributed by atoms with Crippen LogP contribution in [0.4, 0.5) is 0 Å². The smallest absolute Gasteiger partial charge is 0.292 e. The van der Waals surface area contributed by atoms with Gasteiger partial charge < -0.3 is 14.3 Å². The third-order valence-electron chi connectivity index (χ3n) is 1.66. The molecule has 0 aromatic heterocycles. The van der Waals surface area contributed by atoms with E-state index in [4.69, 9.17) is 10.00 Å². The lowest BCUT2D eigenvalue weighted by atomic mass is 10.1. The first-order valence-electron chi connectivity index (χ1n) is 3.97. The third-order valence-corrected chi connectivity index (χ3v) is 1.66. The molecule has 0 fully saturated rings. The van der Waals surface area contributed by atoms with Gasteiger partial charge in [-0.1, -0.05) is 0 Å². The van der Waals surface area contributed by atoms with Crippen LogP contribution >= 0.6 is 0 Å². The molecule has 0 radical (unpaired) electrons. The van der Waals surface area contributed by atoms with Gasteiger partial charge in [0.05, 0.1) is 7.11 Å². The molecule has 4 nitrogen and oxygen atoms in total. The van der Waals surface area contributed by atoms with Crippen LogP contribution in [0.5, 0.6) is 11.5 Å². The minimum Gasteiger partial charge on any atom is -0.497 e. The molecular formula is C10H9NO3. The second kappa shape index (κ2) is 4.87. The van der Waals surface area contributed by atoms with E-state index in [0.29, 0.717) is 11.5 Å². The van der Waals surface area contributed by atoms with Gasteiger partial charge in [-0.25, -0.2) is 0 Å². The summed E-state index contributed by atoms with van der Waals surface area (Å²) in [5.74, 6) is 0.943. The molecule has 4 heteroatoms. The molecule has 0 spiro atoms. The molecule has 0 bridgehead atoms. The summed E-state index contributed by atoms with van der Waals surface area (Å²) in [6, 6.07) is 4.93. The molecule has 0 amide bonds. The number of hydrogen-bond donors (Lipinski definition) is 0. The number of methoxy groups -OCH3 is 1. The summed E-state index contributed by atoms with van der Waals surface area (Å²) in [5.41, 5.74) is 0.754. The molecule has 0 aliphatic carbocycles. The molecule has 0 N–H and O–H groups in total. The SMILES string of the molecule is COc1cc(CC=O)cc(OC#N)c1. The number of carbonyl (C=O) groups excluding carboxylic acids is 1. The van der Waals surface area contributed by atoms with Crippen LogP contribution in [-0.4, -0.2) is 13.4 Å². The maximum atomic E-state index is 10.3. The summed E-state index contributed by atoms with van der Waals surface area (Å²) < 4.78 is 9.63. The first kappa shape index (κ1) is 10.1. The minimum atomic E-state index is 0.277. The summed E-state index contributed by atoms with van der Waals surface area (Å²) >= 11 is 0. The van der Waals surface area contributed by atoms with Gasteiger partial charge in [0.25, 0.3) is 6.26 Å². The van der Waals surface area contributed by atoms with Crippen molar-refractivity contribution >= 4 is 6.29 Å². The van der Waals surface area contributed by atoms with Gasteiger partial charge in [0.1, 0.15) is 17.8 Å². The molecule has 14 heavy (non-hydrogen) atoms. The van der Waals surface area contributed by atoms with Crippen molar-refractivity contribution in [1.29, 1.82) is 5.26 Å². The Labute approximate surface area is 81.7 Å². The van der Waals surface area contributed by atoms with Crippen LogP contribution in [0.25, 0.3) is 0 Å². The van der Waals surface area contributed by atoms with Crippen molar-refractivity contribution in [2.75, 3.05) is 7.11 Å². The maximum Gasteiger partial charge on any atom is 0.292 e. The van der Waals surface area contributed by atoms with E-state index in [9.17, 15) is 4.79 Å². The van der Waals surface area contributed by atoms with E-state index in [1.54, 1.807) is 24.5 Å². The topological polar surface area (TPSA) is 59.3 Å². The van der Waals surface area contributed by atoms with E-state index in [0.717, 1.165) is 11.8 Å². The average molecular weight is 191 g/mol. The summed E-state index contributed by atoms with van der Waals surface area (Å²) in [4.78, 5) is 10.3. The van der Waals surface area contributed by atoms with E-state index in [1.807, 2.05) is 0 Å². The summed E-state index contributed by atoms with van der Waals surface area (Å²) in [6.45, 7) is 0. The summed E-state index contributed by atoms with van der Waals surface area (Å²) in [5, 5.41) is 8.32. The highest BCUT2D eigenvalue weighted by molar-refractivity contribution is 5.56. The van der Waals surface area contributed by atoms with E-state index in [2.05, 4.69) is 4.74 Å². The van der Waals surface area contributed by atoms with Crippen molar-refractivity contribution in [3.8, 4) is 17.8 Å². The largest absolute Gasteiger partial charge is 0.497 e. The zero-order valence-electron chi connectivity index (χ0n) is 7.69. The highest BCUT2D eigenvalue weighted by Gasteiger charge is 2.01. The normalized spacial score (nSPS) is 8.86. The number of rotatable bonds is 4. The lowest BCUT2D eigenvalue weighted by Gasteiger charge is -2.04. The molecule has 0 saturated heterocycles. The predicted molar refractivity (Wildman–Crippen MR) is 49.0 cm³/mol. The quantitative estimate of drug-likeness (QED) is 0.531. The molecule has 0 heterocycles. The number of carbonyl (C=O) groups is 1. The number of benzene rings is 1. The van der Waals surface area contributed by atoms with Gasteiger partial charge in [-0.2, -0.15) is 0 Å². The second-order valence-electron chi connectivity index (χ2n) is 2.58. The molecule has 0 aliphatic heterocycles. The fraction of sp³-hybridized carbons (Fsp3) is 0.200. The van der Waals surface area contributed by atoms with Crippen molar-refractivity contribution in [2.45, 2.75) is 6.42 Å². The Morgan fingerprint density at radius 2 is 2.14 bits per heavy atom. The monoisotopic (exact) mass is 191 g/mol. The van der Waals surface area contributed by atoms with Gasteiger partial charge in [0.15, 0.2) is 0 Å². The van der Waals surface area contributed by atoms with E-state index in [1.165, 1.54) is 7.11 Å². The van der Waals surface area contributed by atoms with Gasteiger partial charge in [0, 0.05) is 12.5 Å². The summed E-state index contributed by atoms with van der Waals surface area (Å²) in [6.07, 6.45) is 2.62. The number of nitriles is 1. The van der Waals surface area contributed by atoms with Crippen LogP contribution in [-0.2, 0) is 11.2 Å². The lowest BCUT2D eigenvalue weighted by Crippen LogP contribution is -1.91. The third kappa shape index (κ3) is 2.49. The Bertz CT molecular complexity index is 368. The van der Waals surface area contributed by atoms with Gasteiger partial charge in [-0.05, 0) is 17.7 Å². The Kier molecular flexibility index (Phi) is 3.50. The van der Waals surface area contributed by atoms with Crippen molar-refractivity contribution in [1.82, 2.24) is 0 Å². The Balaban J connectivity index is 3.01. The van der Waals surface area contributed by atoms with Gasteiger partial charge in [-0.3, -0.25) is 0 Å². The molecule has 1 rings (SSSR count). The van der Waals surface area contributed by atoms with Crippen LogP contribution in [0, 0.1) is 11.5 Å². The maximum absolute atomic E-state index is 10.3. The first-order valence-corrected chi connectivity index (χ1v) is 3.97. The Hall–Kier alpha value is -2.02. The van der Waals surface area contributed by atoms with Crippen molar-refractivity contribution < 1.29 is 14.3 Å². The van der Waals surface area contributed by atoms with Gasteiger partial charge in [0.2, 0.25) is 0 Å². The van der Waals surface area contributed by atoms with Crippen molar-refractivity contribution in [3.63, 3.8) is 0 Å². The number of aldehydes is 1. The molecule has 72 valence electrons. The van der Waals surface area contributed by atoms with Gasteiger partial charge >= 0.3 is 0 Å². The molecule has 1 aromatic carbocycles. The van der Waals surface area contributed by atoms with Gasteiger partial charge in [-0.15, -0.1) is 5.26 Å². The lowest BCUT2D eigenvalue weighted by molar-refractivity contribution is -0.107. The molecule has 0 saturated carbocycles. The molecular weight excluding hydrogens is 182 g/mol. The van der Waals surface area contributed by atoms with Crippen LogP contribution < -0.4 is 9.47 Å². The van der Waals surface area contributed by atoms with E-state index < -0.39 is 0 Å². The Morgan fingerprint density at radius 3 is 2.71 bits per heavy atom. The van der Waals surface area contributed by atoms with Crippen LogP contribution in [0.1, 0.15) is 5.56 Å². The highest BCUT2D eigenvalue weighted by Crippen LogP contribution is 2.22. The molecule has 0 unspecified atom stereocenters. The molecule has 1 aromatic rings.